The van der Waals surface area contributed by atoms with Crippen molar-refractivity contribution in [2.45, 2.75) is 5.88 Å². The Morgan fingerprint density at radius 3 is 2.38 bits per heavy atom. The molecule has 0 aliphatic carbocycles. The van der Waals surface area contributed by atoms with Crippen molar-refractivity contribution in [1.29, 1.82) is 0 Å². The smallest absolute Gasteiger partial charge is 0.135 e. The average Bonchev–Trinajstić information content (AvgIpc) is 2.51. The van der Waals surface area contributed by atoms with Gasteiger partial charge in [-0.1, -0.05) is 41.9 Å². The SMILES string of the molecule is Fc1cccc(Oc2ccc(Cl)c3ccccc23)c1CCl. The first-order valence-electron chi connectivity index (χ1n) is 6.39. The predicted octanol–water partition coefficient (Wildman–Crippen LogP) is 6.16. The highest BCUT2D eigenvalue weighted by atomic mass is 35.5. The third kappa shape index (κ3) is 2.69. The zero-order valence-electron chi connectivity index (χ0n) is 10.9. The van der Waals surface area contributed by atoms with Crippen LogP contribution in [-0.2, 0) is 5.88 Å². The number of hydrogen-bond acceptors (Lipinski definition) is 1. The molecule has 21 heavy (non-hydrogen) atoms. The molecule has 3 aromatic rings. The number of benzene rings is 3. The zero-order chi connectivity index (χ0) is 14.8. The van der Waals surface area contributed by atoms with Gasteiger partial charge in [0.1, 0.15) is 17.3 Å². The van der Waals surface area contributed by atoms with E-state index in [1.807, 2.05) is 24.3 Å². The van der Waals surface area contributed by atoms with E-state index < -0.39 is 0 Å². The van der Waals surface area contributed by atoms with Crippen molar-refractivity contribution >= 4 is 34.0 Å². The van der Waals surface area contributed by atoms with Crippen molar-refractivity contribution in [3.05, 3.63) is 71.0 Å². The number of rotatable bonds is 3. The van der Waals surface area contributed by atoms with Gasteiger partial charge in [0.2, 0.25) is 0 Å². The zero-order valence-corrected chi connectivity index (χ0v) is 12.5. The maximum atomic E-state index is 13.7. The van der Waals surface area contributed by atoms with Crippen LogP contribution in [0.25, 0.3) is 10.8 Å². The lowest BCUT2D eigenvalue weighted by atomic mass is 10.1. The van der Waals surface area contributed by atoms with Crippen molar-refractivity contribution in [3.8, 4) is 11.5 Å². The molecule has 106 valence electrons. The number of fused-ring (bicyclic) bond motifs is 1. The molecule has 3 rings (SSSR count). The highest BCUT2D eigenvalue weighted by Crippen LogP contribution is 2.35. The molecule has 0 amide bonds. The second-order valence-electron chi connectivity index (χ2n) is 4.54. The summed E-state index contributed by atoms with van der Waals surface area (Å²) >= 11 is 12.0. The quantitative estimate of drug-likeness (QED) is 0.525. The van der Waals surface area contributed by atoms with Crippen LogP contribution in [0, 0.1) is 5.82 Å². The summed E-state index contributed by atoms with van der Waals surface area (Å²) in [5.74, 6) is 0.707. The number of alkyl halides is 1. The van der Waals surface area contributed by atoms with E-state index in [0.717, 1.165) is 10.8 Å². The van der Waals surface area contributed by atoms with E-state index in [4.69, 9.17) is 27.9 Å². The molecule has 0 saturated carbocycles. The van der Waals surface area contributed by atoms with E-state index >= 15 is 0 Å². The topological polar surface area (TPSA) is 9.23 Å². The highest BCUT2D eigenvalue weighted by Gasteiger charge is 2.11. The minimum atomic E-state index is -0.374. The van der Waals surface area contributed by atoms with Crippen molar-refractivity contribution in [2.75, 3.05) is 0 Å². The molecule has 3 aromatic carbocycles. The van der Waals surface area contributed by atoms with Crippen LogP contribution in [0.1, 0.15) is 5.56 Å². The molecule has 0 spiro atoms. The van der Waals surface area contributed by atoms with Gasteiger partial charge in [0, 0.05) is 21.4 Å². The van der Waals surface area contributed by atoms with Gasteiger partial charge in [-0.15, -0.1) is 11.6 Å². The second-order valence-corrected chi connectivity index (χ2v) is 5.22. The monoisotopic (exact) mass is 320 g/mol. The van der Waals surface area contributed by atoms with E-state index in [1.54, 1.807) is 24.3 Å². The molecule has 0 fully saturated rings. The summed E-state index contributed by atoms with van der Waals surface area (Å²) in [4.78, 5) is 0. The second kappa shape index (κ2) is 5.92. The first-order chi connectivity index (χ1) is 10.2. The van der Waals surface area contributed by atoms with Crippen LogP contribution < -0.4 is 4.74 Å². The Kier molecular flexibility index (Phi) is 4.00. The van der Waals surface area contributed by atoms with E-state index in [0.29, 0.717) is 22.1 Å². The molecule has 0 aliphatic heterocycles. The molecular weight excluding hydrogens is 310 g/mol. The largest absolute Gasteiger partial charge is 0.456 e. The molecule has 0 atom stereocenters. The Labute approximate surface area is 131 Å². The van der Waals surface area contributed by atoms with Crippen LogP contribution >= 0.6 is 23.2 Å². The molecule has 0 N–H and O–H groups in total. The van der Waals surface area contributed by atoms with Gasteiger partial charge in [-0.25, -0.2) is 4.39 Å². The minimum absolute atomic E-state index is 0.0491. The lowest BCUT2D eigenvalue weighted by Gasteiger charge is -2.13. The molecule has 0 heterocycles. The minimum Gasteiger partial charge on any atom is -0.456 e. The summed E-state index contributed by atoms with van der Waals surface area (Å²) in [5.41, 5.74) is 0.346. The van der Waals surface area contributed by atoms with Crippen molar-refractivity contribution in [1.82, 2.24) is 0 Å². The van der Waals surface area contributed by atoms with Gasteiger partial charge >= 0.3 is 0 Å². The highest BCUT2D eigenvalue weighted by molar-refractivity contribution is 6.35. The summed E-state index contributed by atoms with van der Waals surface area (Å²) < 4.78 is 19.6. The van der Waals surface area contributed by atoms with Crippen LogP contribution in [0.3, 0.4) is 0 Å². The molecule has 0 bridgehead atoms. The molecule has 0 saturated heterocycles. The Morgan fingerprint density at radius 1 is 0.857 bits per heavy atom. The molecule has 0 unspecified atom stereocenters. The fourth-order valence-electron chi connectivity index (χ4n) is 2.21. The molecule has 1 nitrogen and oxygen atoms in total. The molecule has 0 radical (unpaired) electrons. The Bertz CT molecular complexity index is 802. The Hall–Kier alpha value is -1.77. The van der Waals surface area contributed by atoms with Crippen molar-refractivity contribution in [3.63, 3.8) is 0 Å². The third-order valence-corrected chi connectivity index (χ3v) is 3.86. The third-order valence-electron chi connectivity index (χ3n) is 3.26. The normalized spacial score (nSPS) is 10.8. The summed E-state index contributed by atoms with van der Waals surface area (Å²) in [5, 5.41) is 2.41. The first kappa shape index (κ1) is 14.2. The fraction of sp³-hybridized carbons (Fsp3) is 0.0588. The van der Waals surface area contributed by atoms with E-state index in [2.05, 4.69) is 0 Å². The Balaban J connectivity index is 2.11. The molecule has 0 aromatic heterocycles. The molecule has 0 aliphatic rings. The van der Waals surface area contributed by atoms with Gasteiger partial charge < -0.3 is 4.74 Å². The molecule has 4 heteroatoms. The van der Waals surface area contributed by atoms with Crippen LogP contribution in [0.2, 0.25) is 5.02 Å². The van der Waals surface area contributed by atoms with E-state index in [9.17, 15) is 4.39 Å². The summed E-state index contributed by atoms with van der Waals surface area (Å²) in [6.45, 7) is 0. The van der Waals surface area contributed by atoms with E-state index in [-0.39, 0.29) is 11.7 Å². The van der Waals surface area contributed by atoms with Gasteiger partial charge in [-0.05, 0) is 24.3 Å². The van der Waals surface area contributed by atoms with Gasteiger partial charge in [0.15, 0.2) is 0 Å². The lowest BCUT2D eigenvalue weighted by Crippen LogP contribution is -1.94. The maximum absolute atomic E-state index is 13.7. The van der Waals surface area contributed by atoms with Crippen LogP contribution in [0.5, 0.6) is 11.5 Å². The number of ether oxygens (including phenoxy) is 1. The van der Waals surface area contributed by atoms with Gasteiger partial charge in [-0.2, -0.15) is 0 Å². The number of hydrogen-bond donors (Lipinski definition) is 0. The van der Waals surface area contributed by atoms with Gasteiger partial charge in [0.25, 0.3) is 0 Å². The van der Waals surface area contributed by atoms with Crippen LogP contribution in [0.4, 0.5) is 4.39 Å². The van der Waals surface area contributed by atoms with Crippen molar-refractivity contribution in [2.24, 2.45) is 0 Å². The van der Waals surface area contributed by atoms with E-state index in [1.165, 1.54) is 6.07 Å². The average molecular weight is 321 g/mol. The molecular formula is C17H11Cl2FO. The maximum Gasteiger partial charge on any atom is 0.135 e. The first-order valence-corrected chi connectivity index (χ1v) is 7.30. The van der Waals surface area contributed by atoms with Crippen LogP contribution in [0.15, 0.2) is 54.6 Å². The summed E-state index contributed by atoms with van der Waals surface area (Å²) in [7, 11) is 0. The van der Waals surface area contributed by atoms with Gasteiger partial charge in [-0.3, -0.25) is 0 Å². The van der Waals surface area contributed by atoms with Crippen molar-refractivity contribution < 1.29 is 9.13 Å². The van der Waals surface area contributed by atoms with Gasteiger partial charge in [0.05, 0.1) is 5.88 Å². The van der Waals surface area contributed by atoms with Crippen LogP contribution in [-0.4, -0.2) is 0 Å². The Morgan fingerprint density at radius 2 is 1.62 bits per heavy atom. The lowest BCUT2D eigenvalue weighted by molar-refractivity contribution is 0.475. The number of halogens is 3. The summed E-state index contributed by atoms with van der Waals surface area (Å²) in [6.07, 6.45) is 0. The standard InChI is InChI=1S/C17H11Cl2FO/c18-10-13-15(20)6-3-7-16(13)21-17-9-8-14(19)11-4-1-2-5-12(11)17/h1-9H,10H2. The fourth-order valence-corrected chi connectivity index (χ4v) is 2.69. The predicted molar refractivity (Wildman–Crippen MR) is 85.0 cm³/mol. The summed E-state index contributed by atoms with van der Waals surface area (Å²) in [6, 6.07) is 15.8.